The van der Waals surface area contributed by atoms with Crippen LogP contribution in [0.4, 0.5) is 0 Å². The lowest BCUT2D eigenvalue weighted by Gasteiger charge is -2.60. The summed E-state index contributed by atoms with van der Waals surface area (Å²) in [6.07, 6.45) is 6.56. The van der Waals surface area contributed by atoms with Crippen molar-refractivity contribution in [3.63, 3.8) is 0 Å². The van der Waals surface area contributed by atoms with Crippen LogP contribution >= 0.6 is 0 Å². The maximum Gasteiger partial charge on any atom is 0.221 e. The van der Waals surface area contributed by atoms with Crippen molar-refractivity contribution in [1.29, 1.82) is 0 Å². The van der Waals surface area contributed by atoms with Gasteiger partial charge >= 0.3 is 0 Å². The zero-order valence-electron chi connectivity index (χ0n) is 14.3. The Hall–Kier alpha value is -1.55. The van der Waals surface area contributed by atoms with Gasteiger partial charge in [0, 0.05) is 12.0 Å². The molecule has 4 aliphatic carbocycles. The Labute approximate surface area is 143 Å². The van der Waals surface area contributed by atoms with Gasteiger partial charge < -0.3 is 15.5 Å². The highest BCUT2D eigenvalue weighted by Gasteiger charge is 2.57. The molecule has 4 aliphatic rings. The number of carbonyl (C=O) groups is 1. The highest BCUT2D eigenvalue weighted by molar-refractivity contribution is 5.77. The average Bonchev–Trinajstić information content (AvgIpc) is 2.43. The summed E-state index contributed by atoms with van der Waals surface area (Å²) in [5.41, 5.74) is 0.213. The van der Waals surface area contributed by atoms with Crippen molar-refractivity contribution >= 4 is 5.91 Å². The van der Waals surface area contributed by atoms with Gasteiger partial charge in [-0.05, 0) is 68.8 Å². The van der Waals surface area contributed by atoms with Crippen LogP contribution in [0.5, 0.6) is 5.75 Å². The first kappa shape index (κ1) is 15.9. The van der Waals surface area contributed by atoms with Gasteiger partial charge in [0.15, 0.2) is 0 Å². The van der Waals surface area contributed by atoms with Crippen LogP contribution < -0.4 is 5.32 Å². The van der Waals surface area contributed by atoms with Crippen LogP contribution in [0, 0.1) is 17.3 Å². The van der Waals surface area contributed by atoms with E-state index in [1.165, 1.54) is 6.42 Å². The van der Waals surface area contributed by atoms with Gasteiger partial charge in [0.2, 0.25) is 5.91 Å². The molecule has 4 saturated carbocycles. The molecular formula is C20H27NO3. The minimum absolute atomic E-state index is 0.0125. The van der Waals surface area contributed by atoms with Crippen LogP contribution in [-0.2, 0) is 4.79 Å². The second kappa shape index (κ2) is 5.48. The summed E-state index contributed by atoms with van der Waals surface area (Å²) in [6, 6.07) is 6.92. The molecule has 4 heteroatoms. The molecule has 1 aromatic rings. The Morgan fingerprint density at radius 1 is 1.25 bits per heavy atom. The fourth-order valence-corrected chi connectivity index (χ4v) is 6.17. The number of phenolic OH excluding ortho intramolecular Hbond substituents is 1. The first-order chi connectivity index (χ1) is 11.4. The Morgan fingerprint density at radius 3 is 2.54 bits per heavy atom. The minimum atomic E-state index is -0.520. The summed E-state index contributed by atoms with van der Waals surface area (Å²) in [4.78, 5) is 12.7. The molecule has 1 amide bonds. The van der Waals surface area contributed by atoms with Gasteiger partial charge in [0.25, 0.3) is 0 Å². The molecule has 4 bridgehead atoms. The second-order valence-electron chi connectivity index (χ2n) is 8.71. The third-order valence-electron chi connectivity index (χ3n) is 6.47. The lowest BCUT2D eigenvalue weighted by Crippen LogP contribution is -2.56. The number of phenols is 1. The van der Waals surface area contributed by atoms with Crippen LogP contribution in [0.25, 0.3) is 0 Å². The van der Waals surface area contributed by atoms with Crippen molar-refractivity contribution in [3.05, 3.63) is 29.8 Å². The molecule has 4 fully saturated rings. The first-order valence-corrected chi connectivity index (χ1v) is 9.16. The molecule has 5 rings (SSSR count). The number of aromatic hydroxyl groups is 1. The molecule has 130 valence electrons. The van der Waals surface area contributed by atoms with Crippen molar-refractivity contribution in [2.24, 2.45) is 17.3 Å². The maximum atomic E-state index is 12.7. The highest BCUT2D eigenvalue weighted by Crippen LogP contribution is 2.62. The van der Waals surface area contributed by atoms with Gasteiger partial charge in [-0.15, -0.1) is 0 Å². The smallest absolute Gasteiger partial charge is 0.221 e. The molecule has 4 nitrogen and oxygen atoms in total. The number of hydrogen-bond acceptors (Lipinski definition) is 3. The van der Waals surface area contributed by atoms with E-state index in [0.717, 1.165) is 37.7 Å². The van der Waals surface area contributed by atoms with E-state index < -0.39 is 5.60 Å². The van der Waals surface area contributed by atoms with Crippen LogP contribution in [-0.4, -0.2) is 21.7 Å². The second-order valence-corrected chi connectivity index (χ2v) is 8.71. The molecule has 0 heterocycles. The number of aliphatic hydroxyl groups is 1. The summed E-state index contributed by atoms with van der Waals surface area (Å²) in [7, 11) is 0. The molecule has 1 aromatic carbocycles. The zero-order valence-corrected chi connectivity index (χ0v) is 14.3. The van der Waals surface area contributed by atoms with Crippen molar-refractivity contribution in [1.82, 2.24) is 5.32 Å². The summed E-state index contributed by atoms with van der Waals surface area (Å²) in [5.74, 6) is 1.45. The Kier molecular flexibility index (Phi) is 3.64. The quantitative estimate of drug-likeness (QED) is 0.794. The monoisotopic (exact) mass is 329 g/mol. The summed E-state index contributed by atoms with van der Waals surface area (Å²) in [6.45, 7) is 1.90. The predicted molar refractivity (Wildman–Crippen MR) is 91.3 cm³/mol. The summed E-state index contributed by atoms with van der Waals surface area (Å²) in [5, 5.41) is 23.8. The fourth-order valence-electron chi connectivity index (χ4n) is 6.17. The van der Waals surface area contributed by atoms with Crippen LogP contribution in [0.2, 0.25) is 0 Å². The number of amides is 1. The van der Waals surface area contributed by atoms with E-state index in [1.807, 2.05) is 19.1 Å². The van der Waals surface area contributed by atoms with Crippen LogP contribution in [0.15, 0.2) is 24.3 Å². The van der Waals surface area contributed by atoms with E-state index in [4.69, 9.17) is 0 Å². The Morgan fingerprint density at radius 2 is 1.92 bits per heavy atom. The van der Waals surface area contributed by atoms with E-state index >= 15 is 0 Å². The average molecular weight is 329 g/mol. The van der Waals surface area contributed by atoms with E-state index in [2.05, 4.69) is 5.32 Å². The van der Waals surface area contributed by atoms with Crippen LogP contribution in [0.3, 0.4) is 0 Å². The Balaban J connectivity index is 1.44. The number of benzene rings is 1. The molecule has 3 atom stereocenters. The standard InChI is InChI=1S/C20H27NO3/c1-13(16-4-2-3-5-17(16)22)21-18(23)11-19-7-14-6-15(8-19)10-20(24,9-14)12-19/h2-5,13-15,22,24H,6-12H2,1H3,(H,21,23)/t13-,14-,15-,19?,20?/m1/s1. The molecule has 24 heavy (non-hydrogen) atoms. The molecular weight excluding hydrogens is 302 g/mol. The summed E-state index contributed by atoms with van der Waals surface area (Å²) < 4.78 is 0. The van der Waals surface area contributed by atoms with E-state index in [0.29, 0.717) is 18.3 Å². The van der Waals surface area contributed by atoms with Gasteiger partial charge in [-0.1, -0.05) is 18.2 Å². The topological polar surface area (TPSA) is 69.6 Å². The third-order valence-corrected chi connectivity index (χ3v) is 6.47. The predicted octanol–water partition coefficient (Wildman–Crippen LogP) is 3.29. The van der Waals surface area contributed by atoms with Gasteiger partial charge in [-0.2, -0.15) is 0 Å². The number of hydrogen-bond donors (Lipinski definition) is 3. The molecule has 0 aromatic heterocycles. The SMILES string of the molecule is C[C@@H](NC(=O)CC12C[C@H]3C[C@@H](CC(O)(C3)C1)C2)c1ccccc1O. The zero-order chi connectivity index (χ0) is 16.9. The normalized spacial score (nSPS) is 38.1. The van der Waals surface area contributed by atoms with Gasteiger partial charge in [0.05, 0.1) is 11.6 Å². The van der Waals surface area contributed by atoms with Crippen molar-refractivity contribution in [3.8, 4) is 5.75 Å². The summed E-state index contributed by atoms with van der Waals surface area (Å²) >= 11 is 0. The molecule has 0 radical (unpaired) electrons. The van der Waals surface area contributed by atoms with E-state index in [9.17, 15) is 15.0 Å². The van der Waals surface area contributed by atoms with Crippen molar-refractivity contribution < 1.29 is 15.0 Å². The Bertz CT molecular complexity index is 642. The van der Waals surface area contributed by atoms with E-state index in [1.54, 1.807) is 12.1 Å². The van der Waals surface area contributed by atoms with Gasteiger partial charge in [0.1, 0.15) is 5.75 Å². The fraction of sp³-hybridized carbons (Fsp3) is 0.650. The third kappa shape index (κ3) is 2.81. The van der Waals surface area contributed by atoms with Crippen molar-refractivity contribution in [2.45, 2.75) is 63.5 Å². The van der Waals surface area contributed by atoms with Crippen LogP contribution in [0.1, 0.15) is 63.5 Å². The molecule has 0 spiro atoms. The lowest BCUT2D eigenvalue weighted by molar-refractivity contribution is -0.169. The van der Waals surface area contributed by atoms with Gasteiger partial charge in [-0.25, -0.2) is 0 Å². The molecule has 0 aliphatic heterocycles. The first-order valence-electron chi connectivity index (χ1n) is 9.16. The van der Waals surface area contributed by atoms with Gasteiger partial charge in [-0.3, -0.25) is 4.79 Å². The highest BCUT2D eigenvalue weighted by atomic mass is 16.3. The van der Waals surface area contributed by atoms with Crippen molar-refractivity contribution in [2.75, 3.05) is 0 Å². The molecule has 3 N–H and O–H groups in total. The maximum absolute atomic E-state index is 12.7. The number of para-hydroxylation sites is 1. The molecule has 0 unspecified atom stereocenters. The number of nitrogens with one attached hydrogen (secondary N) is 1. The lowest BCUT2D eigenvalue weighted by atomic mass is 9.47. The minimum Gasteiger partial charge on any atom is -0.508 e. The largest absolute Gasteiger partial charge is 0.508 e. The van der Waals surface area contributed by atoms with E-state index in [-0.39, 0.29) is 23.1 Å². The molecule has 0 saturated heterocycles. The number of rotatable bonds is 4. The number of carbonyl (C=O) groups excluding carboxylic acids is 1.